The molecule has 0 aromatic heterocycles. The van der Waals surface area contributed by atoms with E-state index in [1.54, 1.807) is 24.3 Å². The molecule has 0 fully saturated rings. The molecule has 3 aromatic rings. The zero-order chi connectivity index (χ0) is 23.3. The van der Waals surface area contributed by atoms with Crippen LogP contribution < -0.4 is 5.48 Å². The lowest BCUT2D eigenvalue weighted by atomic mass is 9.97. The van der Waals surface area contributed by atoms with E-state index in [9.17, 15) is 13.2 Å². The van der Waals surface area contributed by atoms with Gasteiger partial charge in [-0.15, -0.1) is 0 Å². The Bertz CT molecular complexity index is 1220. The van der Waals surface area contributed by atoms with Gasteiger partial charge < -0.3 is 0 Å². The zero-order valence-electron chi connectivity index (χ0n) is 18.1. The number of hydroxylamine groups is 1. The standard InChI is InChI=1S/C26H26N2O4S/c29-26(27-30)25(19-20-7-3-1-4-8-20)33(31,32)28-17-15-24(16-18-28)23-13-11-22(12-14-23)21-9-5-2-6-10-21/h1-15,25,30H,16-19H2,(H,27,29)/t25-/m0/s1. The summed E-state index contributed by atoms with van der Waals surface area (Å²) in [6.07, 6.45) is 2.43. The van der Waals surface area contributed by atoms with E-state index in [-0.39, 0.29) is 19.5 Å². The molecule has 6 nitrogen and oxygen atoms in total. The molecule has 1 heterocycles. The highest BCUT2D eigenvalue weighted by Gasteiger charge is 2.38. The van der Waals surface area contributed by atoms with E-state index in [1.807, 2.05) is 30.3 Å². The molecule has 0 unspecified atom stereocenters. The van der Waals surface area contributed by atoms with E-state index in [2.05, 4.69) is 36.4 Å². The number of rotatable bonds is 7. The van der Waals surface area contributed by atoms with Crippen molar-refractivity contribution < 1.29 is 18.4 Å². The summed E-state index contributed by atoms with van der Waals surface area (Å²) in [5.74, 6) is -0.926. The normalized spacial score (nSPS) is 15.5. The Morgan fingerprint density at radius 1 is 0.879 bits per heavy atom. The summed E-state index contributed by atoms with van der Waals surface area (Å²) < 4.78 is 27.8. The van der Waals surface area contributed by atoms with Gasteiger partial charge in [0.25, 0.3) is 5.91 Å². The molecule has 0 saturated heterocycles. The van der Waals surface area contributed by atoms with Crippen molar-refractivity contribution in [1.29, 1.82) is 0 Å². The van der Waals surface area contributed by atoms with Gasteiger partial charge in [0.2, 0.25) is 10.0 Å². The third-order valence-corrected chi connectivity index (χ3v) is 8.07. The predicted octanol–water partition coefficient (Wildman–Crippen LogP) is 3.89. The molecule has 33 heavy (non-hydrogen) atoms. The first-order valence-corrected chi connectivity index (χ1v) is 12.3. The van der Waals surface area contributed by atoms with Crippen molar-refractivity contribution in [3.05, 3.63) is 102 Å². The second-order valence-corrected chi connectivity index (χ2v) is 10.1. The van der Waals surface area contributed by atoms with E-state index in [1.165, 1.54) is 9.79 Å². The zero-order valence-corrected chi connectivity index (χ0v) is 18.9. The number of carbonyl (C=O) groups is 1. The summed E-state index contributed by atoms with van der Waals surface area (Å²) >= 11 is 0. The molecule has 2 N–H and O–H groups in total. The number of benzene rings is 3. The lowest BCUT2D eigenvalue weighted by Gasteiger charge is -2.29. The summed E-state index contributed by atoms with van der Waals surface area (Å²) in [4.78, 5) is 12.3. The highest BCUT2D eigenvalue weighted by atomic mass is 32.2. The fraction of sp³-hybridized carbons (Fsp3) is 0.192. The Balaban J connectivity index is 1.50. The summed E-state index contributed by atoms with van der Waals surface area (Å²) in [5, 5.41) is 7.75. The van der Waals surface area contributed by atoms with Gasteiger partial charge in [-0.2, -0.15) is 4.31 Å². The van der Waals surface area contributed by atoms with E-state index in [0.29, 0.717) is 12.0 Å². The van der Waals surface area contributed by atoms with Crippen LogP contribution >= 0.6 is 0 Å². The molecule has 1 aliphatic heterocycles. The Morgan fingerprint density at radius 2 is 1.45 bits per heavy atom. The van der Waals surface area contributed by atoms with Gasteiger partial charge in [0, 0.05) is 13.1 Å². The average Bonchev–Trinajstić information content (AvgIpc) is 2.88. The van der Waals surface area contributed by atoms with E-state index in [4.69, 9.17) is 5.21 Å². The molecule has 1 atom stereocenters. The molecule has 0 radical (unpaired) electrons. The van der Waals surface area contributed by atoms with Crippen molar-refractivity contribution >= 4 is 21.5 Å². The van der Waals surface area contributed by atoms with Crippen LogP contribution in [0, 0.1) is 0 Å². The largest absolute Gasteiger partial charge is 0.289 e. The van der Waals surface area contributed by atoms with Gasteiger partial charge in [-0.25, -0.2) is 13.9 Å². The smallest absolute Gasteiger partial charge is 0.263 e. The fourth-order valence-corrected chi connectivity index (χ4v) is 5.78. The Morgan fingerprint density at radius 3 is 2.03 bits per heavy atom. The minimum absolute atomic E-state index is 0.0103. The number of nitrogens with one attached hydrogen (secondary N) is 1. The van der Waals surface area contributed by atoms with Crippen molar-refractivity contribution in [2.24, 2.45) is 0 Å². The van der Waals surface area contributed by atoms with Crippen molar-refractivity contribution in [3.8, 4) is 11.1 Å². The Hall–Kier alpha value is -3.26. The van der Waals surface area contributed by atoms with E-state index < -0.39 is 21.2 Å². The first-order valence-electron chi connectivity index (χ1n) is 10.8. The summed E-state index contributed by atoms with van der Waals surface area (Å²) in [7, 11) is -3.97. The predicted molar refractivity (Wildman–Crippen MR) is 129 cm³/mol. The lowest BCUT2D eigenvalue weighted by molar-refractivity contribution is -0.128. The van der Waals surface area contributed by atoms with Gasteiger partial charge >= 0.3 is 0 Å². The van der Waals surface area contributed by atoms with Crippen molar-refractivity contribution in [1.82, 2.24) is 9.79 Å². The molecule has 0 bridgehead atoms. The Kier molecular flexibility index (Phi) is 7.03. The van der Waals surface area contributed by atoms with Crippen LogP contribution in [-0.2, 0) is 21.2 Å². The van der Waals surface area contributed by atoms with Crippen LogP contribution in [0.4, 0.5) is 0 Å². The first-order chi connectivity index (χ1) is 16.0. The minimum atomic E-state index is -3.97. The van der Waals surface area contributed by atoms with Gasteiger partial charge in [0.15, 0.2) is 5.25 Å². The first kappa shape index (κ1) is 22.9. The second kappa shape index (κ2) is 10.1. The lowest BCUT2D eigenvalue weighted by Crippen LogP contribution is -2.48. The van der Waals surface area contributed by atoms with E-state index in [0.717, 1.165) is 22.3 Å². The maximum Gasteiger partial charge on any atom is 0.263 e. The Labute approximate surface area is 194 Å². The van der Waals surface area contributed by atoms with Crippen LogP contribution in [0.15, 0.2) is 91.0 Å². The minimum Gasteiger partial charge on any atom is -0.289 e. The molecule has 1 amide bonds. The maximum atomic E-state index is 13.3. The maximum absolute atomic E-state index is 13.3. The summed E-state index contributed by atoms with van der Waals surface area (Å²) in [5.41, 5.74) is 6.63. The van der Waals surface area contributed by atoms with Crippen molar-refractivity contribution in [3.63, 3.8) is 0 Å². The number of sulfonamides is 1. The summed E-state index contributed by atoms with van der Waals surface area (Å²) in [6.45, 7) is 0.459. The second-order valence-electron chi connectivity index (χ2n) is 7.98. The molecule has 4 rings (SSSR count). The number of amides is 1. The monoisotopic (exact) mass is 462 g/mol. The van der Waals surface area contributed by atoms with Crippen LogP contribution in [-0.4, -0.2) is 42.2 Å². The van der Waals surface area contributed by atoms with Crippen LogP contribution in [0.25, 0.3) is 16.7 Å². The van der Waals surface area contributed by atoms with Crippen molar-refractivity contribution in [2.45, 2.75) is 18.1 Å². The van der Waals surface area contributed by atoms with Crippen LogP contribution in [0.1, 0.15) is 17.5 Å². The molecular weight excluding hydrogens is 436 g/mol. The van der Waals surface area contributed by atoms with Gasteiger partial charge in [-0.1, -0.05) is 91.0 Å². The molecule has 0 saturated carbocycles. The average molecular weight is 463 g/mol. The highest BCUT2D eigenvalue weighted by molar-refractivity contribution is 7.90. The van der Waals surface area contributed by atoms with Gasteiger partial charge in [-0.3, -0.25) is 10.0 Å². The quantitative estimate of drug-likeness (QED) is 0.412. The molecule has 7 heteroatoms. The van der Waals surface area contributed by atoms with Gasteiger partial charge in [-0.05, 0) is 40.7 Å². The molecule has 0 aliphatic carbocycles. The summed E-state index contributed by atoms with van der Waals surface area (Å²) in [6, 6.07) is 27.3. The SMILES string of the molecule is O=C(NO)[C@H](Cc1ccccc1)S(=O)(=O)N1CC=C(c2ccc(-c3ccccc3)cc2)CC1. The van der Waals surface area contributed by atoms with Crippen LogP contribution in [0.5, 0.6) is 0 Å². The third kappa shape index (κ3) is 5.22. The molecular formula is C26H26N2O4S. The van der Waals surface area contributed by atoms with Crippen molar-refractivity contribution in [2.75, 3.05) is 13.1 Å². The molecule has 170 valence electrons. The fourth-order valence-electron chi connectivity index (χ4n) is 4.06. The highest BCUT2D eigenvalue weighted by Crippen LogP contribution is 2.28. The van der Waals surface area contributed by atoms with Crippen LogP contribution in [0.2, 0.25) is 0 Å². The number of nitrogens with zero attached hydrogens (tertiary/aromatic N) is 1. The molecule has 0 spiro atoms. The van der Waals surface area contributed by atoms with E-state index >= 15 is 0 Å². The molecule has 3 aromatic carbocycles. The molecule has 1 aliphatic rings. The third-order valence-electron chi connectivity index (χ3n) is 5.92. The topological polar surface area (TPSA) is 86.7 Å². The van der Waals surface area contributed by atoms with Gasteiger partial charge in [0.1, 0.15) is 0 Å². The van der Waals surface area contributed by atoms with Gasteiger partial charge in [0.05, 0.1) is 0 Å². The number of hydrogen-bond acceptors (Lipinski definition) is 4. The number of hydrogen-bond donors (Lipinski definition) is 2. The number of carbonyl (C=O) groups excluding carboxylic acids is 1. The van der Waals surface area contributed by atoms with Crippen LogP contribution in [0.3, 0.4) is 0 Å².